The summed E-state index contributed by atoms with van der Waals surface area (Å²) in [6.45, 7) is -1.31. The van der Waals surface area contributed by atoms with Gasteiger partial charge in [-0.2, -0.15) is 13.2 Å². The Balaban J connectivity index is 2.35. The minimum Gasteiger partial charge on any atom is -0.467 e. The maximum atomic E-state index is 11.5. The van der Waals surface area contributed by atoms with Gasteiger partial charge in [0.25, 0.3) is 0 Å². The molecule has 0 atom stereocenters. The molecule has 0 fully saturated rings. The fourth-order valence-corrected chi connectivity index (χ4v) is 0.483. The molecular formula is C5H5F3N2O. The molecule has 0 aromatic carbocycles. The van der Waals surface area contributed by atoms with Crippen LogP contribution in [0.5, 0.6) is 5.88 Å². The Labute approximate surface area is 60.2 Å². The lowest BCUT2D eigenvalue weighted by Crippen LogP contribution is -2.19. The number of hydrogen-bond donors (Lipinski definition) is 1. The Morgan fingerprint density at radius 1 is 1.55 bits per heavy atom. The summed E-state index contributed by atoms with van der Waals surface area (Å²) >= 11 is 0. The Bertz CT molecular complexity index is 206. The number of hydrogen-bond acceptors (Lipinski definition) is 2. The molecule has 1 aromatic rings. The molecule has 0 bridgehead atoms. The Hall–Kier alpha value is -1.20. The molecule has 0 saturated carbocycles. The zero-order valence-electron chi connectivity index (χ0n) is 5.35. The third-order valence-electron chi connectivity index (χ3n) is 0.859. The first-order valence-electron chi connectivity index (χ1n) is 2.77. The molecule has 62 valence electrons. The normalized spacial score (nSPS) is 11.5. The Morgan fingerprint density at radius 3 is 2.73 bits per heavy atom. The van der Waals surface area contributed by atoms with Crippen LogP contribution < -0.4 is 4.74 Å². The van der Waals surface area contributed by atoms with E-state index in [4.69, 9.17) is 0 Å². The topological polar surface area (TPSA) is 37.9 Å². The van der Waals surface area contributed by atoms with Crippen LogP contribution in [0.4, 0.5) is 13.2 Å². The van der Waals surface area contributed by atoms with Gasteiger partial charge in [-0.1, -0.05) is 0 Å². The van der Waals surface area contributed by atoms with Crippen molar-refractivity contribution in [3.63, 3.8) is 0 Å². The van der Waals surface area contributed by atoms with Crippen molar-refractivity contribution in [3.8, 4) is 5.88 Å². The molecule has 1 heterocycles. The molecule has 0 aliphatic carbocycles. The Morgan fingerprint density at radius 2 is 2.27 bits per heavy atom. The molecule has 1 rings (SSSR count). The first-order valence-corrected chi connectivity index (χ1v) is 2.77. The number of aromatic nitrogens is 2. The fraction of sp³-hybridized carbons (Fsp3) is 0.400. The van der Waals surface area contributed by atoms with Crippen LogP contribution in [0, 0.1) is 0 Å². The smallest absolute Gasteiger partial charge is 0.422 e. The van der Waals surface area contributed by atoms with Gasteiger partial charge in [0.15, 0.2) is 6.61 Å². The second-order valence-corrected chi connectivity index (χ2v) is 1.82. The maximum Gasteiger partial charge on any atom is 0.422 e. The minimum atomic E-state index is -4.31. The highest BCUT2D eigenvalue weighted by molar-refractivity contribution is 5.03. The van der Waals surface area contributed by atoms with E-state index in [1.165, 1.54) is 12.3 Å². The van der Waals surface area contributed by atoms with Crippen LogP contribution in [0.15, 0.2) is 12.3 Å². The third-order valence-corrected chi connectivity index (χ3v) is 0.859. The first kappa shape index (κ1) is 7.90. The van der Waals surface area contributed by atoms with Crippen molar-refractivity contribution in [2.24, 2.45) is 0 Å². The minimum absolute atomic E-state index is 0.0534. The first-order chi connectivity index (χ1) is 5.08. The summed E-state index contributed by atoms with van der Waals surface area (Å²) < 4.78 is 38.7. The van der Waals surface area contributed by atoms with E-state index >= 15 is 0 Å². The highest BCUT2D eigenvalue weighted by Crippen LogP contribution is 2.15. The van der Waals surface area contributed by atoms with Crippen LogP contribution in [0.25, 0.3) is 0 Å². The van der Waals surface area contributed by atoms with Crippen molar-refractivity contribution in [1.82, 2.24) is 10.2 Å². The van der Waals surface area contributed by atoms with Gasteiger partial charge < -0.3 is 4.74 Å². The molecule has 0 spiro atoms. The van der Waals surface area contributed by atoms with E-state index in [1.54, 1.807) is 0 Å². The van der Waals surface area contributed by atoms with E-state index in [-0.39, 0.29) is 5.88 Å². The van der Waals surface area contributed by atoms with Gasteiger partial charge in [-0.05, 0) is 0 Å². The van der Waals surface area contributed by atoms with Crippen LogP contribution in [-0.4, -0.2) is 23.0 Å². The summed E-state index contributed by atoms with van der Waals surface area (Å²) in [5.41, 5.74) is 0. The van der Waals surface area contributed by atoms with Gasteiger partial charge in [0, 0.05) is 12.3 Å². The average molecular weight is 166 g/mol. The number of nitrogens with zero attached hydrogens (tertiary/aromatic N) is 1. The second-order valence-electron chi connectivity index (χ2n) is 1.82. The van der Waals surface area contributed by atoms with E-state index in [1.807, 2.05) is 0 Å². The number of aromatic amines is 1. The highest BCUT2D eigenvalue weighted by atomic mass is 19.4. The van der Waals surface area contributed by atoms with Crippen LogP contribution in [0.1, 0.15) is 0 Å². The number of nitrogens with one attached hydrogen (secondary N) is 1. The summed E-state index contributed by atoms with van der Waals surface area (Å²) in [5, 5.41) is 5.70. The molecule has 1 N–H and O–H groups in total. The van der Waals surface area contributed by atoms with E-state index in [9.17, 15) is 13.2 Å². The van der Waals surface area contributed by atoms with Gasteiger partial charge in [-0.3, -0.25) is 5.10 Å². The summed E-state index contributed by atoms with van der Waals surface area (Å²) in [6.07, 6.45) is -2.93. The monoisotopic (exact) mass is 166 g/mol. The number of halogens is 3. The molecular weight excluding hydrogens is 161 g/mol. The highest BCUT2D eigenvalue weighted by Gasteiger charge is 2.28. The van der Waals surface area contributed by atoms with Gasteiger partial charge in [0.2, 0.25) is 5.88 Å². The maximum absolute atomic E-state index is 11.5. The number of ether oxygens (including phenoxy) is 1. The van der Waals surface area contributed by atoms with Gasteiger partial charge in [-0.25, -0.2) is 0 Å². The van der Waals surface area contributed by atoms with Gasteiger partial charge in [-0.15, -0.1) is 5.10 Å². The van der Waals surface area contributed by atoms with Crippen molar-refractivity contribution in [1.29, 1.82) is 0 Å². The van der Waals surface area contributed by atoms with E-state index in [2.05, 4.69) is 14.9 Å². The molecule has 0 aliphatic rings. The second kappa shape index (κ2) is 2.81. The van der Waals surface area contributed by atoms with Gasteiger partial charge >= 0.3 is 6.18 Å². The fourth-order valence-electron chi connectivity index (χ4n) is 0.483. The van der Waals surface area contributed by atoms with E-state index in [0.29, 0.717) is 0 Å². The number of rotatable bonds is 2. The van der Waals surface area contributed by atoms with Gasteiger partial charge in [0.05, 0.1) is 0 Å². The van der Waals surface area contributed by atoms with Crippen LogP contribution in [0.3, 0.4) is 0 Å². The third kappa shape index (κ3) is 2.92. The van der Waals surface area contributed by atoms with Crippen molar-refractivity contribution < 1.29 is 17.9 Å². The lowest BCUT2D eigenvalue weighted by atomic mass is 10.6. The van der Waals surface area contributed by atoms with Crippen molar-refractivity contribution in [2.75, 3.05) is 6.61 Å². The standard InChI is InChI=1S/C5H5F3N2O/c6-5(7,8)3-11-4-1-2-9-10-4/h1-2H,3H2,(H,9,10). The van der Waals surface area contributed by atoms with Crippen molar-refractivity contribution in [3.05, 3.63) is 12.3 Å². The van der Waals surface area contributed by atoms with Crippen LogP contribution in [0.2, 0.25) is 0 Å². The van der Waals surface area contributed by atoms with Gasteiger partial charge in [0.1, 0.15) is 0 Å². The lowest BCUT2D eigenvalue weighted by Gasteiger charge is -2.05. The molecule has 0 aliphatic heterocycles. The molecule has 11 heavy (non-hydrogen) atoms. The predicted molar refractivity (Wildman–Crippen MR) is 30.1 cm³/mol. The Kier molecular flexibility index (Phi) is 2.02. The predicted octanol–water partition coefficient (Wildman–Crippen LogP) is 1.35. The quantitative estimate of drug-likeness (QED) is 0.720. The molecule has 1 aromatic heterocycles. The van der Waals surface area contributed by atoms with Crippen molar-refractivity contribution in [2.45, 2.75) is 6.18 Å². The summed E-state index contributed by atoms with van der Waals surface area (Å²) in [4.78, 5) is 0. The molecule has 0 amide bonds. The van der Waals surface area contributed by atoms with E-state index < -0.39 is 12.8 Å². The summed E-state index contributed by atoms with van der Waals surface area (Å²) in [6, 6.07) is 1.31. The molecule has 6 heteroatoms. The van der Waals surface area contributed by atoms with E-state index in [0.717, 1.165) is 0 Å². The largest absolute Gasteiger partial charge is 0.467 e. The molecule has 0 radical (unpaired) electrons. The average Bonchev–Trinajstić information content (AvgIpc) is 2.32. The molecule has 0 saturated heterocycles. The van der Waals surface area contributed by atoms with Crippen LogP contribution in [-0.2, 0) is 0 Å². The zero-order chi connectivity index (χ0) is 8.32. The number of H-pyrrole nitrogens is 1. The number of alkyl halides is 3. The van der Waals surface area contributed by atoms with Crippen molar-refractivity contribution >= 4 is 0 Å². The summed E-state index contributed by atoms with van der Waals surface area (Å²) in [5.74, 6) is -0.0534. The summed E-state index contributed by atoms with van der Waals surface area (Å²) in [7, 11) is 0. The zero-order valence-corrected chi connectivity index (χ0v) is 5.35. The molecule has 0 unspecified atom stereocenters. The lowest BCUT2D eigenvalue weighted by molar-refractivity contribution is -0.154. The SMILES string of the molecule is FC(F)(F)COc1cc[nH]n1. The van der Waals surface area contributed by atoms with Crippen LogP contribution >= 0.6 is 0 Å². The molecule has 3 nitrogen and oxygen atoms in total.